The molecular weight excluding hydrogens is 198 g/mol. The number of benzene rings is 1. The van der Waals surface area contributed by atoms with Gasteiger partial charge in [0.2, 0.25) is 16.1 Å². The average molecular weight is 206 g/mol. The molecule has 0 spiro atoms. The minimum absolute atomic E-state index is 0.298. The zero-order valence-electron chi connectivity index (χ0n) is 6.02. The summed E-state index contributed by atoms with van der Waals surface area (Å²) in [6.45, 7) is 0. The fraction of sp³-hybridized carbons (Fsp3) is 0. The van der Waals surface area contributed by atoms with E-state index in [-0.39, 0.29) is 0 Å². The molecule has 1 aromatic carbocycles. The van der Waals surface area contributed by atoms with Gasteiger partial charge >= 0.3 is 0 Å². The summed E-state index contributed by atoms with van der Waals surface area (Å²) in [5, 5.41) is 0.596. The number of hydrogen-bond acceptors (Lipinski definition) is 2. The number of hydrogen-bond donors (Lipinski definition) is 2. The molecular formula is C6H8O4P2. The highest BCUT2D eigenvalue weighted by atomic mass is 31.1. The molecule has 0 fully saturated rings. The molecule has 66 valence electrons. The van der Waals surface area contributed by atoms with Crippen LogP contribution in [0.2, 0.25) is 0 Å². The monoisotopic (exact) mass is 206 g/mol. The summed E-state index contributed by atoms with van der Waals surface area (Å²) in [6.07, 6.45) is 0. The zero-order chi connectivity index (χ0) is 9.14. The predicted molar refractivity (Wildman–Crippen MR) is 48.2 cm³/mol. The largest absolute Gasteiger partial charge is 0.343 e. The summed E-state index contributed by atoms with van der Waals surface area (Å²) >= 11 is 0. The van der Waals surface area contributed by atoms with E-state index in [9.17, 15) is 9.13 Å². The van der Waals surface area contributed by atoms with Crippen LogP contribution in [0.3, 0.4) is 0 Å². The Morgan fingerprint density at radius 2 is 1.08 bits per heavy atom. The van der Waals surface area contributed by atoms with Crippen LogP contribution in [0.4, 0.5) is 0 Å². The lowest BCUT2D eigenvalue weighted by Crippen LogP contribution is -2.02. The van der Waals surface area contributed by atoms with Gasteiger partial charge in [-0.15, -0.1) is 0 Å². The highest BCUT2D eigenvalue weighted by Gasteiger charge is 2.01. The van der Waals surface area contributed by atoms with E-state index in [0.717, 1.165) is 0 Å². The van der Waals surface area contributed by atoms with Crippen molar-refractivity contribution in [2.24, 2.45) is 0 Å². The maximum atomic E-state index is 10.5. The minimum atomic E-state index is -2.68. The fourth-order valence-corrected chi connectivity index (χ4v) is 1.66. The first kappa shape index (κ1) is 9.69. The summed E-state index contributed by atoms with van der Waals surface area (Å²) in [7, 11) is -5.35. The molecule has 0 saturated heterocycles. The van der Waals surface area contributed by atoms with E-state index in [1.54, 1.807) is 0 Å². The van der Waals surface area contributed by atoms with Crippen molar-refractivity contribution in [2.75, 3.05) is 0 Å². The van der Waals surface area contributed by atoms with Crippen LogP contribution in [0, 0.1) is 0 Å². The molecule has 2 N–H and O–H groups in total. The quantitative estimate of drug-likeness (QED) is 0.661. The van der Waals surface area contributed by atoms with Gasteiger partial charge in [-0.2, -0.15) is 0 Å². The molecule has 0 aliphatic rings. The normalized spacial score (nSPS) is 15.5. The summed E-state index contributed by atoms with van der Waals surface area (Å²) < 4.78 is 21.1. The third-order valence-electron chi connectivity index (χ3n) is 1.38. The van der Waals surface area contributed by atoms with Crippen molar-refractivity contribution in [1.29, 1.82) is 0 Å². The van der Waals surface area contributed by atoms with Crippen LogP contribution in [0.5, 0.6) is 0 Å². The second-order valence-electron chi connectivity index (χ2n) is 2.19. The number of rotatable bonds is 2. The van der Waals surface area contributed by atoms with Gasteiger partial charge in [-0.05, 0) is 24.3 Å². The molecule has 0 bridgehead atoms. The van der Waals surface area contributed by atoms with Gasteiger partial charge in [-0.25, -0.2) is 0 Å². The van der Waals surface area contributed by atoms with Crippen molar-refractivity contribution < 1.29 is 18.9 Å². The second kappa shape index (κ2) is 4.01. The average Bonchev–Trinajstić information content (AvgIpc) is 2.04. The van der Waals surface area contributed by atoms with Gasteiger partial charge in [0.15, 0.2) is 0 Å². The molecule has 0 aliphatic carbocycles. The SMILES string of the molecule is O=[PH](O)c1ccc([PH](=O)O)cc1. The van der Waals surface area contributed by atoms with Gasteiger partial charge in [0.05, 0.1) is 0 Å². The van der Waals surface area contributed by atoms with E-state index in [1.165, 1.54) is 24.3 Å². The van der Waals surface area contributed by atoms with Gasteiger partial charge in [0.1, 0.15) is 0 Å². The minimum Gasteiger partial charge on any atom is -0.343 e. The molecule has 0 aromatic heterocycles. The molecule has 6 heteroatoms. The first-order valence-corrected chi connectivity index (χ1v) is 5.89. The van der Waals surface area contributed by atoms with Crippen LogP contribution in [0.25, 0.3) is 0 Å². The van der Waals surface area contributed by atoms with Crippen LogP contribution in [-0.4, -0.2) is 9.79 Å². The maximum Gasteiger partial charge on any atom is 0.218 e. The van der Waals surface area contributed by atoms with E-state index in [2.05, 4.69) is 0 Å². The van der Waals surface area contributed by atoms with Crippen LogP contribution in [-0.2, 0) is 9.13 Å². The molecule has 1 rings (SSSR count). The molecule has 0 amide bonds. The Morgan fingerprint density at radius 3 is 1.25 bits per heavy atom. The summed E-state index contributed by atoms with van der Waals surface area (Å²) in [5.74, 6) is 0. The first-order chi connectivity index (χ1) is 5.61. The highest BCUT2D eigenvalue weighted by Crippen LogP contribution is 2.15. The van der Waals surface area contributed by atoms with E-state index in [1.807, 2.05) is 0 Å². The summed E-state index contributed by atoms with van der Waals surface area (Å²) in [4.78, 5) is 17.3. The Kier molecular flexibility index (Phi) is 3.24. The van der Waals surface area contributed by atoms with Gasteiger partial charge in [-0.3, -0.25) is 9.13 Å². The lowest BCUT2D eigenvalue weighted by Gasteiger charge is -1.96. The smallest absolute Gasteiger partial charge is 0.218 e. The Labute approximate surface area is 70.6 Å². The molecule has 0 heterocycles. The van der Waals surface area contributed by atoms with Crippen LogP contribution in [0.1, 0.15) is 0 Å². The second-order valence-corrected chi connectivity index (χ2v) is 4.56. The van der Waals surface area contributed by atoms with Crippen molar-refractivity contribution in [2.45, 2.75) is 0 Å². The van der Waals surface area contributed by atoms with Gasteiger partial charge < -0.3 is 9.79 Å². The molecule has 12 heavy (non-hydrogen) atoms. The van der Waals surface area contributed by atoms with E-state index < -0.39 is 16.1 Å². The summed E-state index contributed by atoms with van der Waals surface area (Å²) in [6, 6.07) is 5.54. The van der Waals surface area contributed by atoms with Gasteiger partial charge in [0.25, 0.3) is 0 Å². The lowest BCUT2D eigenvalue weighted by atomic mass is 10.4. The molecule has 1 aromatic rings. The Balaban J connectivity index is 3.01. The van der Waals surface area contributed by atoms with Crippen molar-refractivity contribution in [3.05, 3.63) is 24.3 Å². The predicted octanol–water partition coefficient (Wildman–Crippen LogP) is -0.129. The Bertz CT molecular complexity index is 286. The highest BCUT2D eigenvalue weighted by molar-refractivity contribution is 7.48. The Hall–Kier alpha value is -0.400. The van der Waals surface area contributed by atoms with E-state index in [4.69, 9.17) is 9.79 Å². The van der Waals surface area contributed by atoms with E-state index in [0.29, 0.717) is 10.6 Å². The first-order valence-electron chi connectivity index (χ1n) is 3.18. The standard InChI is InChI=1S/C6H8O4P2/c7-11(8)5-1-2-6(4-3-5)12(9)10/h1-4,11-12H,(H,7,8)(H,9,10). The molecule has 4 nitrogen and oxygen atoms in total. The molecule has 0 saturated carbocycles. The van der Waals surface area contributed by atoms with Crippen molar-refractivity contribution in [3.63, 3.8) is 0 Å². The molecule has 0 aliphatic heterocycles. The molecule has 2 atom stereocenters. The molecule has 2 unspecified atom stereocenters. The maximum absolute atomic E-state index is 10.5. The van der Waals surface area contributed by atoms with Crippen molar-refractivity contribution in [1.82, 2.24) is 0 Å². The van der Waals surface area contributed by atoms with Crippen LogP contribution < -0.4 is 10.6 Å². The van der Waals surface area contributed by atoms with Crippen LogP contribution >= 0.6 is 16.1 Å². The zero-order valence-corrected chi connectivity index (χ0v) is 8.02. The van der Waals surface area contributed by atoms with Gasteiger partial charge in [0, 0.05) is 10.6 Å². The van der Waals surface area contributed by atoms with Crippen molar-refractivity contribution in [3.8, 4) is 0 Å². The summed E-state index contributed by atoms with van der Waals surface area (Å²) in [5.41, 5.74) is 0. The fourth-order valence-electron chi connectivity index (χ4n) is 0.755. The van der Waals surface area contributed by atoms with Crippen molar-refractivity contribution >= 4 is 26.7 Å². The van der Waals surface area contributed by atoms with Gasteiger partial charge in [-0.1, -0.05) is 0 Å². The lowest BCUT2D eigenvalue weighted by molar-refractivity contribution is 0.511. The third kappa shape index (κ3) is 2.29. The van der Waals surface area contributed by atoms with Crippen LogP contribution in [0.15, 0.2) is 24.3 Å². The van der Waals surface area contributed by atoms with E-state index >= 15 is 0 Å². The Morgan fingerprint density at radius 1 is 0.833 bits per heavy atom. The third-order valence-corrected chi connectivity index (χ3v) is 3.03. The topological polar surface area (TPSA) is 74.6 Å². The molecule has 0 radical (unpaired) electrons.